The van der Waals surface area contributed by atoms with E-state index >= 15 is 0 Å². The predicted molar refractivity (Wildman–Crippen MR) is 67.6 cm³/mol. The molecule has 0 saturated heterocycles. The molecule has 0 aliphatic carbocycles. The van der Waals surface area contributed by atoms with Gasteiger partial charge in [0.05, 0.1) is 24.5 Å². The molecule has 2 aromatic rings. The number of furan rings is 1. The number of aryl methyl sites for hydroxylation is 1. The molecule has 0 aliphatic heterocycles. The molecular weight excluding hydrogens is 284 g/mol. The summed E-state index contributed by atoms with van der Waals surface area (Å²) in [5.41, 5.74) is 2.05. The zero-order valence-corrected chi connectivity index (χ0v) is 11.1. The van der Waals surface area contributed by atoms with Crippen molar-refractivity contribution in [3.8, 4) is 5.75 Å². The van der Waals surface area contributed by atoms with E-state index in [2.05, 4.69) is 15.9 Å². The molecular formula is C13H11BrO3. The minimum absolute atomic E-state index is 0.115. The van der Waals surface area contributed by atoms with Gasteiger partial charge >= 0.3 is 0 Å². The van der Waals surface area contributed by atoms with Crippen LogP contribution in [0.1, 0.15) is 21.5 Å². The zero-order chi connectivity index (χ0) is 12.4. The first-order valence-electron chi connectivity index (χ1n) is 5.04. The van der Waals surface area contributed by atoms with Crippen LogP contribution in [0.2, 0.25) is 0 Å². The number of halogens is 1. The fourth-order valence-corrected chi connectivity index (χ4v) is 1.89. The first-order valence-corrected chi connectivity index (χ1v) is 5.84. The molecule has 0 spiro atoms. The molecule has 0 atom stereocenters. The Kier molecular flexibility index (Phi) is 3.33. The average Bonchev–Trinajstić information content (AvgIpc) is 2.84. The Hall–Kier alpha value is -1.55. The number of carbonyl (C=O) groups is 1. The van der Waals surface area contributed by atoms with Gasteiger partial charge < -0.3 is 9.15 Å². The Labute approximate surface area is 108 Å². The minimum atomic E-state index is -0.115. The van der Waals surface area contributed by atoms with Crippen LogP contribution in [0.25, 0.3) is 0 Å². The van der Waals surface area contributed by atoms with E-state index < -0.39 is 0 Å². The topological polar surface area (TPSA) is 39.4 Å². The highest BCUT2D eigenvalue weighted by atomic mass is 79.9. The third-order valence-electron chi connectivity index (χ3n) is 2.51. The summed E-state index contributed by atoms with van der Waals surface area (Å²) in [5, 5.41) is 0. The molecule has 88 valence electrons. The van der Waals surface area contributed by atoms with Crippen LogP contribution in [-0.2, 0) is 0 Å². The first kappa shape index (κ1) is 11.9. The molecule has 0 fully saturated rings. The normalized spacial score (nSPS) is 10.3. The zero-order valence-electron chi connectivity index (χ0n) is 9.49. The Morgan fingerprint density at radius 2 is 2.18 bits per heavy atom. The highest BCUT2D eigenvalue weighted by Gasteiger charge is 2.17. The van der Waals surface area contributed by atoms with Crippen molar-refractivity contribution >= 4 is 21.7 Å². The maximum Gasteiger partial charge on any atom is 0.200 e. The van der Waals surface area contributed by atoms with Gasteiger partial charge in [-0.15, -0.1) is 0 Å². The van der Waals surface area contributed by atoms with Crippen molar-refractivity contribution in [1.29, 1.82) is 0 Å². The van der Waals surface area contributed by atoms with Gasteiger partial charge in [-0.3, -0.25) is 4.79 Å². The summed E-state index contributed by atoms with van der Waals surface area (Å²) in [5.74, 6) is 0.452. The molecule has 0 amide bonds. The Morgan fingerprint density at radius 1 is 1.41 bits per heavy atom. The van der Waals surface area contributed by atoms with E-state index in [9.17, 15) is 4.79 Å². The fourth-order valence-electron chi connectivity index (χ4n) is 1.55. The van der Waals surface area contributed by atoms with Gasteiger partial charge in [0.1, 0.15) is 12.0 Å². The molecule has 0 radical (unpaired) electrons. The Bertz CT molecular complexity index is 544. The lowest BCUT2D eigenvalue weighted by Crippen LogP contribution is -2.03. The monoisotopic (exact) mass is 294 g/mol. The van der Waals surface area contributed by atoms with Crippen LogP contribution in [0.3, 0.4) is 0 Å². The maximum absolute atomic E-state index is 12.2. The maximum atomic E-state index is 12.2. The third-order valence-corrected chi connectivity index (χ3v) is 3.36. The Morgan fingerprint density at radius 3 is 2.76 bits per heavy atom. The molecule has 17 heavy (non-hydrogen) atoms. The van der Waals surface area contributed by atoms with E-state index in [0.29, 0.717) is 16.9 Å². The van der Waals surface area contributed by atoms with Gasteiger partial charge in [0.2, 0.25) is 0 Å². The van der Waals surface area contributed by atoms with Gasteiger partial charge in [0.25, 0.3) is 0 Å². The van der Waals surface area contributed by atoms with E-state index in [0.717, 1.165) is 10.0 Å². The molecule has 4 heteroatoms. The van der Waals surface area contributed by atoms with Crippen molar-refractivity contribution in [3.05, 3.63) is 51.9 Å². The fraction of sp³-hybridized carbons (Fsp3) is 0.154. The van der Waals surface area contributed by atoms with Crippen LogP contribution >= 0.6 is 15.9 Å². The molecule has 1 heterocycles. The van der Waals surface area contributed by atoms with E-state index in [1.54, 1.807) is 19.2 Å². The molecule has 3 nitrogen and oxygen atoms in total. The minimum Gasteiger partial charge on any atom is -0.496 e. The molecule has 1 aromatic carbocycles. The van der Waals surface area contributed by atoms with E-state index in [1.807, 2.05) is 13.0 Å². The van der Waals surface area contributed by atoms with Crippen LogP contribution in [0.15, 0.2) is 39.6 Å². The highest BCUT2D eigenvalue weighted by molar-refractivity contribution is 9.10. The molecule has 0 aliphatic rings. The van der Waals surface area contributed by atoms with E-state index in [1.165, 1.54) is 12.5 Å². The van der Waals surface area contributed by atoms with Crippen LogP contribution in [-0.4, -0.2) is 12.9 Å². The van der Waals surface area contributed by atoms with Crippen molar-refractivity contribution in [2.45, 2.75) is 6.92 Å². The van der Waals surface area contributed by atoms with Crippen LogP contribution in [0, 0.1) is 6.92 Å². The van der Waals surface area contributed by atoms with Crippen LogP contribution in [0.5, 0.6) is 5.75 Å². The predicted octanol–water partition coefficient (Wildman–Crippen LogP) is 3.59. The number of hydrogen-bond donors (Lipinski definition) is 0. The summed E-state index contributed by atoms with van der Waals surface area (Å²) in [7, 11) is 1.55. The quantitative estimate of drug-likeness (QED) is 0.812. The Balaban J connectivity index is 2.51. The molecule has 2 rings (SSSR count). The summed E-state index contributed by atoms with van der Waals surface area (Å²) < 4.78 is 11.0. The van der Waals surface area contributed by atoms with Crippen molar-refractivity contribution in [2.24, 2.45) is 0 Å². The lowest BCUT2D eigenvalue weighted by atomic mass is 10.0. The second-order valence-corrected chi connectivity index (χ2v) is 4.50. The van der Waals surface area contributed by atoms with Crippen molar-refractivity contribution in [1.82, 2.24) is 0 Å². The lowest BCUT2D eigenvalue weighted by Gasteiger charge is -2.09. The number of rotatable bonds is 3. The van der Waals surface area contributed by atoms with Gasteiger partial charge in [-0.05, 0) is 30.7 Å². The number of ketones is 1. The smallest absolute Gasteiger partial charge is 0.200 e. The summed E-state index contributed by atoms with van der Waals surface area (Å²) in [6.07, 6.45) is 2.90. The standard InChI is InChI=1S/C13H11BrO3/c1-8-5-12(16-2)10(6-11(8)14)13(15)9-3-4-17-7-9/h3-7H,1-2H3. The summed E-state index contributed by atoms with van der Waals surface area (Å²) in [6, 6.07) is 5.23. The second-order valence-electron chi connectivity index (χ2n) is 3.64. The number of methoxy groups -OCH3 is 1. The van der Waals surface area contributed by atoms with E-state index in [-0.39, 0.29) is 5.78 Å². The van der Waals surface area contributed by atoms with Crippen LogP contribution in [0.4, 0.5) is 0 Å². The number of ether oxygens (including phenoxy) is 1. The van der Waals surface area contributed by atoms with Crippen molar-refractivity contribution in [2.75, 3.05) is 7.11 Å². The summed E-state index contributed by atoms with van der Waals surface area (Å²) in [4.78, 5) is 12.2. The van der Waals surface area contributed by atoms with Gasteiger partial charge in [-0.1, -0.05) is 15.9 Å². The number of carbonyl (C=O) groups excluding carboxylic acids is 1. The largest absolute Gasteiger partial charge is 0.496 e. The summed E-state index contributed by atoms with van der Waals surface area (Å²) in [6.45, 7) is 1.94. The third kappa shape index (κ3) is 2.26. The molecule has 1 aromatic heterocycles. The average molecular weight is 295 g/mol. The van der Waals surface area contributed by atoms with Gasteiger partial charge in [-0.25, -0.2) is 0 Å². The number of benzene rings is 1. The highest BCUT2D eigenvalue weighted by Crippen LogP contribution is 2.28. The molecule has 0 N–H and O–H groups in total. The molecule has 0 saturated carbocycles. The van der Waals surface area contributed by atoms with Gasteiger partial charge in [0.15, 0.2) is 5.78 Å². The lowest BCUT2D eigenvalue weighted by molar-refractivity contribution is 0.103. The van der Waals surface area contributed by atoms with E-state index in [4.69, 9.17) is 9.15 Å². The number of hydrogen-bond acceptors (Lipinski definition) is 3. The molecule has 0 unspecified atom stereocenters. The van der Waals surface area contributed by atoms with Gasteiger partial charge in [0, 0.05) is 4.47 Å². The first-order chi connectivity index (χ1) is 8.13. The van der Waals surface area contributed by atoms with Crippen molar-refractivity contribution < 1.29 is 13.9 Å². The SMILES string of the molecule is COc1cc(C)c(Br)cc1C(=O)c1ccoc1. The van der Waals surface area contributed by atoms with Crippen LogP contribution < -0.4 is 4.74 Å². The van der Waals surface area contributed by atoms with Gasteiger partial charge in [-0.2, -0.15) is 0 Å². The summed E-state index contributed by atoms with van der Waals surface area (Å²) >= 11 is 3.41. The second kappa shape index (κ2) is 4.75. The van der Waals surface area contributed by atoms with Crippen molar-refractivity contribution in [3.63, 3.8) is 0 Å². The molecule has 0 bridgehead atoms.